The van der Waals surface area contributed by atoms with Crippen LogP contribution >= 0.6 is 0 Å². The van der Waals surface area contributed by atoms with Gasteiger partial charge in [0.25, 0.3) is 0 Å². The standard InChI is InChI=1S/C20H26N2O/c1-15(23)21-17-11-8-12-18(13-17)22-19(14-20(2,3)4)16-9-6-5-7-10-16/h5-13,19,22H,14H2,1-4H3,(H,21,23). The predicted molar refractivity (Wildman–Crippen MR) is 97.6 cm³/mol. The average molecular weight is 310 g/mol. The van der Waals surface area contributed by atoms with Gasteiger partial charge in [0, 0.05) is 18.3 Å². The van der Waals surface area contributed by atoms with Crippen molar-refractivity contribution in [1.29, 1.82) is 0 Å². The van der Waals surface area contributed by atoms with Crippen LogP contribution in [-0.2, 0) is 4.79 Å². The second-order valence-electron chi connectivity index (χ2n) is 7.13. The minimum Gasteiger partial charge on any atom is -0.378 e. The Morgan fingerprint density at radius 3 is 2.26 bits per heavy atom. The summed E-state index contributed by atoms with van der Waals surface area (Å²) in [4.78, 5) is 11.2. The third kappa shape index (κ3) is 5.78. The van der Waals surface area contributed by atoms with E-state index in [1.54, 1.807) is 0 Å². The van der Waals surface area contributed by atoms with E-state index in [2.05, 4.69) is 55.7 Å². The van der Waals surface area contributed by atoms with Crippen LogP contribution in [0.5, 0.6) is 0 Å². The molecule has 0 aliphatic carbocycles. The van der Waals surface area contributed by atoms with E-state index in [1.807, 2.05) is 30.3 Å². The fourth-order valence-corrected chi connectivity index (χ4v) is 2.64. The van der Waals surface area contributed by atoms with Crippen LogP contribution in [0, 0.1) is 5.41 Å². The third-order valence-corrected chi connectivity index (χ3v) is 3.54. The maximum absolute atomic E-state index is 11.2. The van der Waals surface area contributed by atoms with Gasteiger partial charge in [0.1, 0.15) is 0 Å². The van der Waals surface area contributed by atoms with Crippen LogP contribution in [0.25, 0.3) is 0 Å². The number of rotatable bonds is 5. The molecular formula is C20H26N2O. The molecule has 0 bridgehead atoms. The lowest BCUT2D eigenvalue weighted by Gasteiger charge is -2.28. The van der Waals surface area contributed by atoms with Crippen LogP contribution in [0.1, 0.15) is 45.7 Å². The van der Waals surface area contributed by atoms with Gasteiger partial charge < -0.3 is 10.6 Å². The van der Waals surface area contributed by atoms with Crippen molar-refractivity contribution in [1.82, 2.24) is 0 Å². The lowest BCUT2D eigenvalue weighted by molar-refractivity contribution is -0.114. The van der Waals surface area contributed by atoms with Gasteiger partial charge in [-0.1, -0.05) is 57.2 Å². The molecule has 0 saturated carbocycles. The number of nitrogens with one attached hydrogen (secondary N) is 2. The molecule has 2 aromatic rings. The Bertz CT molecular complexity index is 644. The summed E-state index contributed by atoms with van der Waals surface area (Å²) >= 11 is 0. The fraction of sp³-hybridized carbons (Fsp3) is 0.350. The Hall–Kier alpha value is -2.29. The topological polar surface area (TPSA) is 41.1 Å². The smallest absolute Gasteiger partial charge is 0.221 e. The Morgan fingerprint density at radius 1 is 1.00 bits per heavy atom. The molecule has 23 heavy (non-hydrogen) atoms. The van der Waals surface area contributed by atoms with E-state index in [1.165, 1.54) is 12.5 Å². The largest absolute Gasteiger partial charge is 0.378 e. The summed E-state index contributed by atoms with van der Waals surface area (Å²) in [6.07, 6.45) is 1.02. The highest BCUT2D eigenvalue weighted by Crippen LogP contribution is 2.32. The van der Waals surface area contributed by atoms with E-state index in [4.69, 9.17) is 0 Å². The van der Waals surface area contributed by atoms with Gasteiger partial charge in [0.15, 0.2) is 0 Å². The van der Waals surface area contributed by atoms with Crippen molar-refractivity contribution in [3.8, 4) is 0 Å². The van der Waals surface area contributed by atoms with Gasteiger partial charge >= 0.3 is 0 Å². The van der Waals surface area contributed by atoms with Gasteiger partial charge in [-0.25, -0.2) is 0 Å². The molecule has 2 rings (SSSR count). The highest BCUT2D eigenvalue weighted by molar-refractivity contribution is 5.89. The Labute approximate surface area is 139 Å². The molecule has 0 radical (unpaired) electrons. The molecule has 0 spiro atoms. The van der Waals surface area contributed by atoms with Gasteiger partial charge in [-0.2, -0.15) is 0 Å². The lowest BCUT2D eigenvalue weighted by Crippen LogP contribution is -2.18. The molecule has 3 heteroatoms. The van der Waals surface area contributed by atoms with Gasteiger partial charge in [-0.15, -0.1) is 0 Å². The van der Waals surface area contributed by atoms with Crippen molar-refractivity contribution in [2.45, 2.75) is 40.2 Å². The van der Waals surface area contributed by atoms with Gasteiger partial charge in [0.2, 0.25) is 5.91 Å². The van der Waals surface area contributed by atoms with E-state index in [-0.39, 0.29) is 17.4 Å². The highest BCUT2D eigenvalue weighted by Gasteiger charge is 2.20. The van der Waals surface area contributed by atoms with Crippen molar-refractivity contribution in [2.24, 2.45) is 5.41 Å². The Balaban J connectivity index is 2.22. The Kier molecular flexibility index (Phi) is 5.43. The summed E-state index contributed by atoms with van der Waals surface area (Å²) in [5, 5.41) is 6.44. The zero-order chi connectivity index (χ0) is 16.9. The quantitative estimate of drug-likeness (QED) is 0.793. The van der Waals surface area contributed by atoms with Crippen molar-refractivity contribution in [2.75, 3.05) is 10.6 Å². The second kappa shape index (κ2) is 7.32. The van der Waals surface area contributed by atoms with E-state index < -0.39 is 0 Å². The molecule has 0 saturated heterocycles. The van der Waals surface area contributed by atoms with E-state index in [9.17, 15) is 4.79 Å². The summed E-state index contributed by atoms with van der Waals surface area (Å²) in [7, 11) is 0. The molecular weight excluding hydrogens is 284 g/mol. The highest BCUT2D eigenvalue weighted by atomic mass is 16.1. The zero-order valence-electron chi connectivity index (χ0n) is 14.4. The molecule has 0 fully saturated rings. The first-order chi connectivity index (χ1) is 10.8. The number of hydrogen-bond donors (Lipinski definition) is 2. The van der Waals surface area contributed by atoms with Crippen LogP contribution in [0.4, 0.5) is 11.4 Å². The van der Waals surface area contributed by atoms with E-state index in [0.29, 0.717) is 0 Å². The van der Waals surface area contributed by atoms with Crippen molar-refractivity contribution in [3.63, 3.8) is 0 Å². The number of carbonyl (C=O) groups excluding carboxylic acids is 1. The first-order valence-electron chi connectivity index (χ1n) is 8.03. The molecule has 1 unspecified atom stereocenters. The van der Waals surface area contributed by atoms with Crippen molar-refractivity contribution < 1.29 is 4.79 Å². The fourth-order valence-electron chi connectivity index (χ4n) is 2.64. The summed E-state index contributed by atoms with van der Waals surface area (Å²) < 4.78 is 0. The minimum atomic E-state index is -0.0588. The van der Waals surface area contributed by atoms with Crippen molar-refractivity contribution >= 4 is 17.3 Å². The maximum atomic E-state index is 11.2. The average Bonchev–Trinajstić information content (AvgIpc) is 2.46. The molecule has 0 heterocycles. The van der Waals surface area contributed by atoms with Gasteiger partial charge in [-0.05, 0) is 35.6 Å². The number of carbonyl (C=O) groups is 1. The second-order valence-corrected chi connectivity index (χ2v) is 7.13. The first kappa shape index (κ1) is 17.1. The van der Waals surface area contributed by atoms with Crippen molar-refractivity contribution in [3.05, 3.63) is 60.2 Å². The summed E-state index contributed by atoms with van der Waals surface area (Å²) in [6.45, 7) is 8.27. The summed E-state index contributed by atoms with van der Waals surface area (Å²) in [5.41, 5.74) is 3.30. The number of amides is 1. The van der Waals surface area contributed by atoms with Crippen LogP contribution in [0.2, 0.25) is 0 Å². The minimum absolute atomic E-state index is 0.0588. The van der Waals surface area contributed by atoms with Crippen LogP contribution < -0.4 is 10.6 Å². The van der Waals surface area contributed by atoms with Gasteiger partial charge in [-0.3, -0.25) is 4.79 Å². The monoisotopic (exact) mass is 310 g/mol. The molecule has 0 aromatic heterocycles. The number of benzene rings is 2. The SMILES string of the molecule is CC(=O)Nc1cccc(NC(CC(C)(C)C)c2ccccc2)c1. The number of anilines is 2. The number of hydrogen-bond acceptors (Lipinski definition) is 2. The molecule has 2 N–H and O–H groups in total. The Morgan fingerprint density at radius 2 is 1.65 bits per heavy atom. The molecule has 2 aromatic carbocycles. The lowest BCUT2D eigenvalue weighted by atomic mass is 9.85. The maximum Gasteiger partial charge on any atom is 0.221 e. The van der Waals surface area contributed by atoms with Crippen LogP contribution in [0.3, 0.4) is 0 Å². The molecule has 3 nitrogen and oxygen atoms in total. The predicted octanol–water partition coefficient (Wildman–Crippen LogP) is 5.23. The molecule has 0 aliphatic rings. The first-order valence-corrected chi connectivity index (χ1v) is 8.03. The molecule has 1 amide bonds. The van der Waals surface area contributed by atoms with E-state index >= 15 is 0 Å². The van der Waals surface area contributed by atoms with Crippen LogP contribution in [0.15, 0.2) is 54.6 Å². The van der Waals surface area contributed by atoms with E-state index in [0.717, 1.165) is 17.8 Å². The molecule has 0 aliphatic heterocycles. The third-order valence-electron chi connectivity index (χ3n) is 3.54. The van der Waals surface area contributed by atoms with Gasteiger partial charge in [0.05, 0.1) is 6.04 Å². The molecule has 122 valence electrons. The van der Waals surface area contributed by atoms with Crippen LogP contribution in [-0.4, -0.2) is 5.91 Å². The molecule has 1 atom stereocenters. The summed E-state index contributed by atoms with van der Waals surface area (Å²) in [5.74, 6) is -0.0588. The zero-order valence-corrected chi connectivity index (χ0v) is 14.4. The summed E-state index contributed by atoms with van der Waals surface area (Å²) in [6, 6.07) is 18.6. The normalized spacial score (nSPS) is 12.5.